The molecule has 0 radical (unpaired) electrons. The van der Waals surface area contributed by atoms with E-state index in [0.717, 1.165) is 30.0 Å². The van der Waals surface area contributed by atoms with Crippen LogP contribution in [0, 0.1) is 0 Å². The van der Waals surface area contributed by atoms with Crippen LogP contribution in [0.25, 0.3) is 6.08 Å². The number of pyridine rings is 1. The highest BCUT2D eigenvalue weighted by molar-refractivity contribution is 5.63. The number of anilines is 1. The van der Waals surface area contributed by atoms with Crippen LogP contribution in [0.3, 0.4) is 0 Å². The first-order chi connectivity index (χ1) is 13.2. The van der Waals surface area contributed by atoms with Gasteiger partial charge in [-0.3, -0.25) is 0 Å². The Kier molecular flexibility index (Phi) is 6.54. The molecule has 3 nitrogen and oxygen atoms in total. The van der Waals surface area contributed by atoms with Gasteiger partial charge in [0.1, 0.15) is 12.8 Å². The van der Waals surface area contributed by atoms with Crippen molar-refractivity contribution in [3.05, 3.63) is 59.9 Å². The molecule has 1 aliphatic rings. The van der Waals surface area contributed by atoms with E-state index in [2.05, 4.69) is 78.6 Å². The van der Waals surface area contributed by atoms with Gasteiger partial charge in [-0.2, -0.15) is 0 Å². The molecule has 1 saturated carbocycles. The number of hydrogen-bond donors (Lipinski definition) is 1. The minimum absolute atomic E-state index is 0.252. The highest BCUT2D eigenvalue weighted by atomic mass is 16.5. The second kappa shape index (κ2) is 9.07. The second-order valence-corrected chi connectivity index (χ2v) is 7.63. The van der Waals surface area contributed by atoms with E-state index in [1.165, 1.54) is 37.8 Å². The molecule has 1 fully saturated rings. The molecule has 0 saturated heterocycles. The maximum Gasteiger partial charge on any atom is 0.187 e. The molecule has 144 valence electrons. The molecule has 2 aromatic rings. The van der Waals surface area contributed by atoms with E-state index in [9.17, 15) is 0 Å². The van der Waals surface area contributed by atoms with Crippen LogP contribution in [-0.4, -0.2) is 13.7 Å². The van der Waals surface area contributed by atoms with Gasteiger partial charge in [0, 0.05) is 36.0 Å². The Morgan fingerprint density at radius 2 is 1.96 bits per heavy atom. The highest BCUT2D eigenvalue weighted by Gasteiger charge is 2.38. The molecule has 0 aliphatic heterocycles. The molecule has 3 rings (SSSR count). The van der Waals surface area contributed by atoms with Gasteiger partial charge in [-0.05, 0) is 38.3 Å². The van der Waals surface area contributed by atoms with Gasteiger partial charge in [0.25, 0.3) is 0 Å². The number of allylic oxidation sites excluding steroid dienone is 1. The SMILES string of the molecule is CCNc1ccc(/C=C/CC2(c3cccc[n+]3C)CCCCC2)c(OC)c1. The average molecular weight is 366 g/mol. The first-order valence-corrected chi connectivity index (χ1v) is 10.2. The van der Waals surface area contributed by atoms with Crippen molar-refractivity contribution in [3.8, 4) is 5.75 Å². The van der Waals surface area contributed by atoms with Gasteiger partial charge in [-0.1, -0.05) is 37.5 Å². The molecule has 0 bridgehead atoms. The summed E-state index contributed by atoms with van der Waals surface area (Å²) in [7, 11) is 3.92. The third-order valence-corrected chi connectivity index (χ3v) is 5.83. The van der Waals surface area contributed by atoms with E-state index in [1.54, 1.807) is 7.11 Å². The molecule has 1 heterocycles. The summed E-state index contributed by atoms with van der Waals surface area (Å²) in [6.45, 7) is 3.02. The van der Waals surface area contributed by atoms with Crippen molar-refractivity contribution >= 4 is 11.8 Å². The zero-order valence-corrected chi connectivity index (χ0v) is 17.0. The van der Waals surface area contributed by atoms with E-state index >= 15 is 0 Å². The van der Waals surface area contributed by atoms with Crippen LogP contribution < -0.4 is 14.6 Å². The van der Waals surface area contributed by atoms with Crippen LogP contribution in [-0.2, 0) is 12.5 Å². The Hall–Kier alpha value is -2.29. The molecule has 1 aromatic heterocycles. The van der Waals surface area contributed by atoms with E-state index in [1.807, 2.05) is 0 Å². The van der Waals surface area contributed by atoms with Crippen molar-refractivity contribution < 1.29 is 9.30 Å². The Morgan fingerprint density at radius 1 is 1.15 bits per heavy atom. The fraction of sp³-hybridized carbons (Fsp3) is 0.458. The monoisotopic (exact) mass is 365 g/mol. The van der Waals surface area contributed by atoms with Gasteiger partial charge in [0.15, 0.2) is 11.9 Å². The van der Waals surface area contributed by atoms with Gasteiger partial charge in [-0.15, -0.1) is 0 Å². The van der Waals surface area contributed by atoms with Gasteiger partial charge in [0.05, 0.1) is 12.5 Å². The van der Waals surface area contributed by atoms with Gasteiger partial charge < -0.3 is 10.1 Å². The maximum absolute atomic E-state index is 5.61. The number of nitrogens with one attached hydrogen (secondary N) is 1. The van der Waals surface area contributed by atoms with E-state index < -0.39 is 0 Å². The number of benzene rings is 1. The van der Waals surface area contributed by atoms with Crippen LogP contribution >= 0.6 is 0 Å². The first kappa shape index (κ1) is 19.5. The fourth-order valence-electron chi connectivity index (χ4n) is 4.44. The summed E-state index contributed by atoms with van der Waals surface area (Å²) in [5, 5.41) is 3.34. The van der Waals surface area contributed by atoms with Crippen molar-refractivity contribution in [2.45, 2.75) is 50.9 Å². The quantitative estimate of drug-likeness (QED) is 0.677. The molecule has 0 unspecified atom stereocenters. The third kappa shape index (κ3) is 4.52. The van der Waals surface area contributed by atoms with Crippen LogP contribution in [0.4, 0.5) is 5.69 Å². The predicted molar refractivity (Wildman–Crippen MR) is 113 cm³/mol. The van der Waals surface area contributed by atoms with E-state index in [-0.39, 0.29) is 5.41 Å². The van der Waals surface area contributed by atoms with Crippen molar-refractivity contribution in [1.29, 1.82) is 0 Å². The lowest BCUT2D eigenvalue weighted by Gasteiger charge is -2.34. The number of aryl methyl sites for hydroxylation is 1. The third-order valence-electron chi connectivity index (χ3n) is 5.83. The topological polar surface area (TPSA) is 25.1 Å². The highest BCUT2D eigenvalue weighted by Crippen LogP contribution is 2.41. The zero-order chi connectivity index (χ0) is 19.1. The summed E-state index contributed by atoms with van der Waals surface area (Å²) in [5.41, 5.74) is 3.96. The minimum Gasteiger partial charge on any atom is -0.496 e. The molecule has 0 amide bonds. The standard InChI is InChI=1S/C24H33N2O/c1-4-25-21-14-13-20(22(19-21)27-3)11-10-17-24(15-7-5-8-16-24)23-12-6-9-18-26(23)2/h6,9-14,18-19,25H,4-5,7-8,15-17H2,1-3H3/q+1/b11-10+. The predicted octanol–water partition coefficient (Wildman–Crippen LogP) is 5.26. The minimum atomic E-state index is 0.252. The fourth-order valence-corrected chi connectivity index (χ4v) is 4.44. The number of ether oxygens (including phenoxy) is 1. The number of hydrogen-bond acceptors (Lipinski definition) is 2. The number of aromatic nitrogens is 1. The molecule has 1 N–H and O–H groups in total. The summed E-state index contributed by atoms with van der Waals surface area (Å²) >= 11 is 0. The maximum atomic E-state index is 5.61. The molecule has 1 aliphatic carbocycles. The van der Waals surface area contributed by atoms with Crippen LogP contribution in [0.15, 0.2) is 48.7 Å². The molecule has 1 aromatic carbocycles. The van der Waals surface area contributed by atoms with Crippen LogP contribution in [0.5, 0.6) is 5.75 Å². The van der Waals surface area contributed by atoms with E-state index in [0.29, 0.717) is 0 Å². The van der Waals surface area contributed by atoms with Crippen molar-refractivity contribution in [2.24, 2.45) is 7.05 Å². The molecular formula is C24H33N2O+. The largest absolute Gasteiger partial charge is 0.496 e. The summed E-state index contributed by atoms with van der Waals surface area (Å²) < 4.78 is 7.92. The smallest absolute Gasteiger partial charge is 0.187 e. The Balaban J connectivity index is 1.83. The van der Waals surface area contributed by atoms with Crippen LogP contribution in [0.1, 0.15) is 56.7 Å². The second-order valence-electron chi connectivity index (χ2n) is 7.63. The lowest BCUT2D eigenvalue weighted by atomic mass is 9.69. The molecule has 0 atom stereocenters. The van der Waals surface area contributed by atoms with Crippen molar-refractivity contribution in [1.82, 2.24) is 0 Å². The number of methoxy groups -OCH3 is 1. The van der Waals surface area contributed by atoms with Gasteiger partial charge in [-0.25, -0.2) is 4.57 Å². The summed E-state index contributed by atoms with van der Waals surface area (Å²) in [4.78, 5) is 0. The molecular weight excluding hydrogens is 332 g/mol. The number of nitrogens with zero attached hydrogens (tertiary/aromatic N) is 1. The summed E-state index contributed by atoms with van der Waals surface area (Å²) in [6.07, 6.45) is 14.4. The Bertz CT molecular complexity index is 776. The van der Waals surface area contributed by atoms with Crippen molar-refractivity contribution in [3.63, 3.8) is 0 Å². The molecule has 27 heavy (non-hydrogen) atoms. The lowest BCUT2D eigenvalue weighted by Crippen LogP contribution is -2.43. The Labute approximate surface area is 164 Å². The molecule has 0 spiro atoms. The Morgan fingerprint density at radius 3 is 2.67 bits per heavy atom. The van der Waals surface area contributed by atoms with E-state index in [4.69, 9.17) is 4.74 Å². The lowest BCUT2D eigenvalue weighted by molar-refractivity contribution is -0.683. The first-order valence-electron chi connectivity index (χ1n) is 10.2. The molecule has 3 heteroatoms. The zero-order valence-electron chi connectivity index (χ0n) is 17.0. The number of rotatable bonds is 7. The van der Waals surface area contributed by atoms with Crippen molar-refractivity contribution in [2.75, 3.05) is 19.0 Å². The normalized spacial score (nSPS) is 16.4. The van der Waals surface area contributed by atoms with Gasteiger partial charge >= 0.3 is 0 Å². The summed E-state index contributed by atoms with van der Waals surface area (Å²) in [5.74, 6) is 0.924. The van der Waals surface area contributed by atoms with Crippen LogP contribution in [0.2, 0.25) is 0 Å². The summed E-state index contributed by atoms with van der Waals surface area (Å²) in [6, 6.07) is 13.0. The average Bonchev–Trinajstić information content (AvgIpc) is 2.70. The van der Waals surface area contributed by atoms with Gasteiger partial charge in [0.2, 0.25) is 0 Å².